The summed E-state index contributed by atoms with van der Waals surface area (Å²) in [6, 6.07) is 7.40. The number of nitrogens with zero attached hydrogens (tertiary/aromatic N) is 1. The zero-order valence-corrected chi connectivity index (χ0v) is 13.9. The van der Waals surface area contributed by atoms with Crippen molar-refractivity contribution in [1.82, 2.24) is 9.62 Å². The van der Waals surface area contributed by atoms with E-state index in [9.17, 15) is 13.2 Å². The minimum Gasteiger partial charge on any atom is -0.448 e. The summed E-state index contributed by atoms with van der Waals surface area (Å²) in [4.78, 5) is 13.1. The Balaban J connectivity index is 1.98. The number of carbonyl (C=O) groups excluding carboxylic acids is 1. The Bertz CT molecular complexity index is 655. The van der Waals surface area contributed by atoms with Crippen LogP contribution in [0.25, 0.3) is 0 Å². The molecule has 0 spiro atoms. The molecule has 2 rings (SSSR count). The number of benzene rings is 1. The molecular weight excluding hydrogens is 304 g/mol. The number of rotatable bonds is 6. The van der Waals surface area contributed by atoms with E-state index in [-0.39, 0.29) is 12.3 Å². The van der Waals surface area contributed by atoms with Gasteiger partial charge in [0.15, 0.2) is 0 Å². The Kier molecular flexibility index (Phi) is 4.77. The summed E-state index contributed by atoms with van der Waals surface area (Å²) in [6.07, 6.45) is -0.400. The highest BCUT2D eigenvalue weighted by molar-refractivity contribution is 7.88. The molecule has 0 atom stereocenters. The Hall–Kier alpha value is -1.60. The van der Waals surface area contributed by atoms with Crippen molar-refractivity contribution in [2.45, 2.75) is 32.1 Å². The van der Waals surface area contributed by atoms with Crippen LogP contribution in [0.5, 0.6) is 0 Å². The van der Waals surface area contributed by atoms with Crippen LogP contribution in [-0.4, -0.2) is 44.6 Å². The van der Waals surface area contributed by atoms with E-state index in [0.717, 1.165) is 11.1 Å². The van der Waals surface area contributed by atoms with Gasteiger partial charge in [-0.1, -0.05) is 29.8 Å². The zero-order chi connectivity index (χ0) is 16.4. The highest BCUT2D eigenvalue weighted by atomic mass is 32.2. The van der Waals surface area contributed by atoms with E-state index in [4.69, 9.17) is 4.74 Å². The van der Waals surface area contributed by atoms with Gasteiger partial charge in [-0.15, -0.1) is 0 Å². The Morgan fingerprint density at radius 3 is 2.68 bits per heavy atom. The van der Waals surface area contributed by atoms with Crippen molar-refractivity contribution >= 4 is 16.1 Å². The van der Waals surface area contributed by atoms with Gasteiger partial charge in [-0.05, 0) is 26.3 Å². The van der Waals surface area contributed by atoms with Crippen molar-refractivity contribution in [1.29, 1.82) is 0 Å². The van der Waals surface area contributed by atoms with E-state index in [1.54, 1.807) is 11.0 Å². The molecule has 0 radical (unpaired) electrons. The van der Waals surface area contributed by atoms with E-state index in [1.165, 1.54) is 0 Å². The van der Waals surface area contributed by atoms with Gasteiger partial charge in [0.25, 0.3) is 0 Å². The third-order valence-corrected chi connectivity index (χ3v) is 4.95. The number of ether oxygens (including phenoxy) is 1. The van der Waals surface area contributed by atoms with Crippen molar-refractivity contribution in [3.8, 4) is 0 Å². The predicted octanol–water partition coefficient (Wildman–Crippen LogP) is 1.65. The summed E-state index contributed by atoms with van der Waals surface area (Å²) in [6.45, 7) is 6.52. The van der Waals surface area contributed by atoms with Crippen LogP contribution < -0.4 is 4.72 Å². The van der Waals surface area contributed by atoms with Crippen LogP contribution in [0.3, 0.4) is 0 Å². The molecule has 1 heterocycles. The number of hydrogen-bond donors (Lipinski definition) is 1. The van der Waals surface area contributed by atoms with Crippen molar-refractivity contribution < 1.29 is 17.9 Å². The maximum absolute atomic E-state index is 12.2. The first-order valence-corrected chi connectivity index (χ1v) is 8.82. The highest BCUT2D eigenvalue weighted by Crippen LogP contribution is 2.19. The maximum Gasteiger partial charge on any atom is 0.410 e. The molecule has 6 nitrogen and oxygen atoms in total. The Morgan fingerprint density at radius 2 is 2.09 bits per heavy atom. The van der Waals surface area contributed by atoms with Crippen LogP contribution in [-0.2, 0) is 20.5 Å². The molecule has 0 unspecified atom stereocenters. The molecule has 22 heavy (non-hydrogen) atoms. The number of sulfonamides is 1. The van der Waals surface area contributed by atoms with Crippen LogP contribution in [0.4, 0.5) is 4.79 Å². The third kappa shape index (κ3) is 4.20. The van der Waals surface area contributed by atoms with E-state index in [0.29, 0.717) is 13.2 Å². The molecule has 1 fully saturated rings. The van der Waals surface area contributed by atoms with E-state index in [1.807, 2.05) is 39.0 Å². The molecule has 1 aromatic carbocycles. The summed E-state index contributed by atoms with van der Waals surface area (Å²) in [5.74, 6) is -0.0742. The Morgan fingerprint density at radius 1 is 1.36 bits per heavy atom. The topological polar surface area (TPSA) is 75.7 Å². The lowest BCUT2D eigenvalue weighted by Gasteiger charge is -2.33. The number of hydrogen-bond acceptors (Lipinski definition) is 4. The lowest BCUT2D eigenvalue weighted by atomic mass is 10.0. The van der Waals surface area contributed by atoms with Crippen LogP contribution >= 0.6 is 0 Å². The summed E-state index contributed by atoms with van der Waals surface area (Å²) < 4.78 is 31.9. The Labute approximate surface area is 131 Å². The van der Waals surface area contributed by atoms with Gasteiger partial charge in [-0.25, -0.2) is 17.9 Å². The molecule has 7 heteroatoms. The van der Waals surface area contributed by atoms with Gasteiger partial charge < -0.3 is 4.74 Å². The molecular formula is C15H22N2O4S. The van der Waals surface area contributed by atoms with Gasteiger partial charge in [-0.3, -0.25) is 4.90 Å². The summed E-state index contributed by atoms with van der Waals surface area (Å²) in [7, 11) is -3.46. The molecule has 1 saturated heterocycles. The van der Waals surface area contributed by atoms with Crippen molar-refractivity contribution in [3.63, 3.8) is 0 Å². The van der Waals surface area contributed by atoms with Crippen LogP contribution in [0.1, 0.15) is 25.0 Å². The van der Waals surface area contributed by atoms with Crippen molar-refractivity contribution in [2.24, 2.45) is 0 Å². The van der Waals surface area contributed by atoms with E-state index in [2.05, 4.69) is 4.72 Å². The zero-order valence-electron chi connectivity index (χ0n) is 13.1. The van der Waals surface area contributed by atoms with Crippen molar-refractivity contribution in [3.05, 3.63) is 35.4 Å². The molecule has 1 aliphatic heterocycles. The maximum atomic E-state index is 12.2. The van der Waals surface area contributed by atoms with E-state index >= 15 is 0 Å². The monoisotopic (exact) mass is 326 g/mol. The first kappa shape index (κ1) is 16.8. The second kappa shape index (κ2) is 6.26. The molecule has 0 aliphatic carbocycles. The van der Waals surface area contributed by atoms with E-state index < -0.39 is 21.7 Å². The molecule has 0 aromatic heterocycles. The molecule has 0 saturated carbocycles. The molecule has 122 valence electrons. The minimum absolute atomic E-state index is 0.0742. The van der Waals surface area contributed by atoms with Gasteiger partial charge >= 0.3 is 6.09 Å². The van der Waals surface area contributed by atoms with Gasteiger partial charge in [0, 0.05) is 6.54 Å². The van der Waals surface area contributed by atoms with Gasteiger partial charge in [0.05, 0.1) is 17.8 Å². The average molecular weight is 326 g/mol. The fourth-order valence-corrected chi connectivity index (χ4v) is 3.69. The van der Waals surface area contributed by atoms with Crippen LogP contribution in [0.15, 0.2) is 24.3 Å². The normalized spacial score (nSPS) is 16.0. The fraction of sp³-hybridized carbons (Fsp3) is 0.533. The minimum atomic E-state index is -3.46. The smallest absolute Gasteiger partial charge is 0.410 e. The second-order valence-corrected chi connectivity index (χ2v) is 7.95. The summed E-state index contributed by atoms with van der Waals surface area (Å²) in [5, 5.41) is 0. The number of aryl methyl sites for hydroxylation is 1. The quantitative estimate of drug-likeness (QED) is 0.862. The molecule has 1 aliphatic rings. The first-order valence-electron chi connectivity index (χ1n) is 7.17. The van der Waals surface area contributed by atoms with Gasteiger partial charge in [0.2, 0.25) is 10.0 Å². The lowest BCUT2D eigenvalue weighted by Crippen LogP contribution is -2.52. The number of cyclic esters (lactones) is 1. The molecule has 1 aromatic rings. The van der Waals surface area contributed by atoms with Crippen molar-refractivity contribution in [2.75, 3.05) is 19.7 Å². The third-order valence-electron chi connectivity index (χ3n) is 3.66. The average Bonchev–Trinajstić information content (AvgIpc) is 2.83. The molecule has 1 amide bonds. The summed E-state index contributed by atoms with van der Waals surface area (Å²) >= 11 is 0. The lowest BCUT2D eigenvalue weighted by molar-refractivity contribution is 0.127. The number of nitrogens with one attached hydrogen (secondary N) is 1. The number of amides is 1. The SMILES string of the molecule is Cc1cccc(CS(=O)(=O)NCC(C)(C)N2CCOC2=O)c1. The van der Waals surface area contributed by atoms with Crippen LogP contribution in [0.2, 0.25) is 0 Å². The molecule has 0 bridgehead atoms. The first-order chi connectivity index (χ1) is 10.2. The summed E-state index contributed by atoms with van der Waals surface area (Å²) in [5.41, 5.74) is 1.13. The van der Waals surface area contributed by atoms with Crippen LogP contribution in [0, 0.1) is 6.92 Å². The number of carbonyl (C=O) groups is 1. The standard InChI is InChI=1S/C15H22N2O4S/c1-12-5-4-6-13(9-12)10-22(19,20)16-11-15(2,3)17-7-8-21-14(17)18/h4-6,9,16H,7-8,10-11H2,1-3H3. The highest BCUT2D eigenvalue weighted by Gasteiger charge is 2.36. The molecule has 1 N–H and O–H groups in total. The van der Waals surface area contributed by atoms with Gasteiger partial charge in [-0.2, -0.15) is 0 Å². The predicted molar refractivity (Wildman–Crippen MR) is 83.9 cm³/mol. The fourth-order valence-electron chi connectivity index (χ4n) is 2.40. The van der Waals surface area contributed by atoms with Gasteiger partial charge in [0.1, 0.15) is 6.61 Å². The largest absolute Gasteiger partial charge is 0.448 e. The second-order valence-electron chi connectivity index (χ2n) is 6.15.